The first-order chi connectivity index (χ1) is 13.1. The van der Waals surface area contributed by atoms with Crippen molar-refractivity contribution in [1.82, 2.24) is 9.84 Å². The van der Waals surface area contributed by atoms with E-state index in [2.05, 4.69) is 5.43 Å². The molecule has 0 aliphatic carbocycles. The fraction of sp³-hybridized carbons (Fsp3) is 0.143. The summed E-state index contributed by atoms with van der Waals surface area (Å²) in [5, 5.41) is 0. The van der Waals surface area contributed by atoms with Crippen LogP contribution in [-0.4, -0.2) is 12.8 Å². The third kappa shape index (κ3) is 5.00. The van der Waals surface area contributed by atoms with Crippen LogP contribution in [0.1, 0.15) is 28.8 Å². The quantitative estimate of drug-likeness (QED) is 0.231. The molecule has 1 aliphatic rings. The fourth-order valence-electron chi connectivity index (χ4n) is 3.45. The minimum atomic E-state index is -3.68. The van der Waals surface area contributed by atoms with E-state index < -0.39 is 10.0 Å². The molecule has 1 saturated heterocycles. The van der Waals surface area contributed by atoms with Crippen LogP contribution in [0.25, 0.3) is 0 Å². The minimum absolute atomic E-state index is 0. The fourth-order valence-corrected chi connectivity index (χ4v) is 4.92. The second-order valence-corrected chi connectivity index (χ2v) is 8.53. The zero-order valence-corrected chi connectivity index (χ0v) is 20.9. The summed E-state index contributed by atoms with van der Waals surface area (Å²) in [5.41, 5.74) is 7.89. The first-order valence-corrected chi connectivity index (χ1v) is 10.3. The molecule has 5 nitrogen and oxygen atoms in total. The average molecular weight is 634 g/mol. The smallest absolute Gasteiger partial charge is 0.287 e. The van der Waals surface area contributed by atoms with Gasteiger partial charge in [-0.1, -0.05) is 78.4 Å². The van der Waals surface area contributed by atoms with Gasteiger partial charge in [-0.3, -0.25) is 0 Å². The lowest BCUT2D eigenvalue weighted by Crippen LogP contribution is -3.00. The number of aryl methyl sites for hydroxylation is 1. The second-order valence-electron chi connectivity index (χ2n) is 6.69. The Labute approximate surface area is 205 Å². The molecule has 154 valence electrons. The lowest BCUT2D eigenvalue weighted by atomic mass is 9.95. The first-order valence-electron chi connectivity index (χ1n) is 8.87. The topological polar surface area (TPSA) is 66.0 Å². The van der Waals surface area contributed by atoms with Gasteiger partial charge in [-0.05, 0) is 34.6 Å². The molecule has 29 heavy (non-hydrogen) atoms. The zero-order valence-electron chi connectivity index (χ0n) is 15.7. The maximum Gasteiger partial charge on any atom is 0.287 e. The van der Waals surface area contributed by atoms with E-state index in [0.717, 1.165) is 16.7 Å². The highest BCUT2D eigenvalue weighted by atomic mass is 127. The Morgan fingerprint density at radius 2 is 1.31 bits per heavy atom. The predicted octanol–water partition coefficient (Wildman–Crippen LogP) is -3.53. The minimum Gasteiger partial charge on any atom is -1.00 e. The van der Waals surface area contributed by atoms with Crippen LogP contribution >= 0.6 is 0 Å². The van der Waals surface area contributed by atoms with Crippen molar-refractivity contribution in [3.63, 3.8) is 0 Å². The highest BCUT2D eigenvalue weighted by Crippen LogP contribution is 2.36. The number of benzene rings is 3. The molecule has 2 atom stereocenters. The van der Waals surface area contributed by atoms with Crippen LogP contribution in [0, 0.1) is 6.92 Å². The molecule has 8 heteroatoms. The number of hydrogen-bond acceptors (Lipinski definition) is 3. The van der Waals surface area contributed by atoms with Crippen molar-refractivity contribution in [2.24, 2.45) is 0 Å². The highest BCUT2D eigenvalue weighted by Gasteiger charge is 2.47. The molecule has 3 aromatic rings. The third-order valence-electron chi connectivity index (χ3n) is 4.87. The largest absolute Gasteiger partial charge is 1.00 e. The number of sulfonamides is 1. The van der Waals surface area contributed by atoms with E-state index in [1.807, 2.05) is 79.7 Å². The number of rotatable bonds is 4. The van der Waals surface area contributed by atoms with Crippen molar-refractivity contribution >= 4 is 10.0 Å². The summed E-state index contributed by atoms with van der Waals surface area (Å²) < 4.78 is 28.2. The molecular formula is C21H22I2N3O2S-. The molecule has 0 bridgehead atoms. The summed E-state index contributed by atoms with van der Waals surface area (Å²) in [5.74, 6) is 0. The van der Waals surface area contributed by atoms with Gasteiger partial charge in [0.05, 0.1) is 4.90 Å². The van der Waals surface area contributed by atoms with E-state index in [1.54, 1.807) is 17.7 Å². The Morgan fingerprint density at radius 3 is 1.86 bits per heavy atom. The zero-order chi connectivity index (χ0) is 18.9. The van der Waals surface area contributed by atoms with E-state index in [0.29, 0.717) is 4.90 Å². The van der Waals surface area contributed by atoms with E-state index >= 15 is 0 Å². The molecule has 0 saturated carbocycles. The summed E-state index contributed by atoms with van der Waals surface area (Å²) in [6, 6.07) is 26.1. The Balaban J connectivity index is 0.00000150. The standard InChI is InChI=1S/C21H21N3O2S.2HI/c1-16-12-14-19(15-13-16)27(25,26)24-21(18-10-6-3-7-11-18)20(22-23-24)17-8-4-2-5-9-17;;/h2-15,20-23H,1H3;2*1H/p-1/t20?,21-;;/m1../s1. The summed E-state index contributed by atoms with van der Waals surface area (Å²) in [6.45, 7) is 1.94. The number of hydrogen-bond donors (Lipinski definition) is 2. The number of quaternary nitrogens is 1. The first kappa shape index (κ1) is 24.2. The van der Waals surface area contributed by atoms with E-state index in [9.17, 15) is 8.42 Å². The van der Waals surface area contributed by atoms with Crippen LogP contribution in [0.4, 0.5) is 0 Å². The number of halogens is 2. The van der Waals surface area contributed by atoms with Gasteiger partial charge in [0, 0.05) is 0 Å². The van der Waals surface area contributed by atoms with Crippen LogP contribution < -0.4 is 58.9 Å². The average Bonchev–Trinajstić information content (AvgIpc) is 3.16. The SMILES string of the molecule is Cc1ccc(S(=O)(=O)N2[NH2+]NC(c3ccccc3)[C@H]2c2ccccc2)cc1.[I-].[I-]. The van der Waals surface area contributed by atoms with Crippen molar-refractivity contribution in [2.75, 3.05) is 0 Å². The number of nitrogens with zero attached hydrogens (tertiary/aromatic N) is 1. The molecule has 4 rings (SSSR count). The van der Waals surface area contributed by atoms with Crippen LogP contribution in [0.2, 0.25) is 0 Å². The summed E-state index contributed by atoms with van der Waals surface area (Å²) in [6.07, 6.45) is 0. The molecule has 1 heterocycles. The van der Waals surface area contributed by atoms with E-state index in [1.165, 1.54) is 4.41 Å². The van der Waals surface area contributed by atoms with Crippen molar-refractivity contribution < 1.29 is 61.9 Å². The lowest BCUT2D eigenvalue weighted by molar-refractivity contribution is -0.807. The van der Waals surface area contributed by atoms with Crippen molar-refractivity contribution in [1.29, 1.82) is 0 Å². The van der Waals surface area contributed by atoms with Gasteiger partial charge >= 0.3 is 0 Å². The van der Waals surface area contributed by atoms with Gasteiger partial charge in [-0.2, -0.15) is 5.53 Å². The van der Waals surface area contributed by atoms with Gasteiger partial charge in [0.1, 0.15) is 12.1 Å². The van der Waals surface area contributed by atoms with Crippen molar-refractivity contribution in [2.45, 2.75) is 23.9 Å². The molecule has 1 unspecified atom stereocenters. The molecule has 0 aromatic heterocycles. The molecule has 0 radical (unpaired) electrons. The Bertz CT molecular complexity index is 1020. The summed E-state index contributed by atoms with van der Waals surface area (Å²) >= 11 is 0. The molecular weight excluding hydrogens is 612 g/mol. The predicted molar refractivity (Wildman–Crippen MR) is 104 cm³/mol. The lowest BCUT2D eigenvalue weighted by Gasteiger charge is -2.22. The van der Waals surface area contributed by atoms with Gasteiger partial charge in [-0.25, -0.2) is 8.42 Å². The van der Waals surface area contributed by atoms with Gasteiger partial charge < -0.3 is 48.0 Å². The van der Waals surface area contributed by atoms with Crippen molar-refractivity contribution in [3.05, 3.63) is 102 Å². The molecule has 0 spiro atoms. The second kappa shape index (κ2) is 10.3. The summed E-state index contributed by atoms with van der Waals surface area (Å²) in [4.78, 5) is 0.292. The van der Waals surface area contributed by atoms with Crippen LogP contribution in [0.5, 0.6) is 0 Å². The number of nitrogens with one attached hydrogen (secondary N) is 1. The van der Waals surface area contributed by atoms with Crippen LogP contribution in [-0.2, 0) is 10.0 Å². The van der Waals surface area contributed by atoms with Gasteiger partial charge in [0.15, 0.2) is 0 Å². The molecule has 0 amide bonds. The van der Waals surface area contributed by atoms with E-state index in [4.69, 9.17) is 0 Å². The monoisotopic (exact) mass is 634 g/mol. The molecule has 3 aromatic carbocycles. The summed E-state index contributed by atoms with van der Waals surface area (Å²) in [7, 11) is -3.68. The van der Waals surface area contributed by atoms with Crippen LogP contribution in [0.3, 0.4) is 0 Å². The third-order valence-corrected chi connectivity index (χ3v) is 6.62. The number of nitrogens with two attached hydrogens (primary N) is 1. The van der Waals surface area contributed by atoms with Crippen LogP contribution in [0.15, 0.2) is 89.8 Å². The van der Waals surface area contributed by atoms with Crippen molar-refractivity contribution in [3.8, 4) is 0 Å². The van der Waals surface area contributed by atoms with E-state index in [-0.39, 0.29) is 60.0 Å². The molecule has 3 N–H and O–H groups in total. The van der Waals surface area contributed by atoms with Gasteiger partial charge in [0.2, 0.25) is 0 Å². The highest BCUT2D eigenvalue weighted by molar-refractivity contribution is 7.89. The molecule has 1 aliphatic heterocycles. The van der Waals surface area contributed by atoms with Gasteiger partial charge in [-0.15, -0.1) is 5.43 Å². The Morgan fingerprint density at radius 1 is 0.793 bits per heavy atom. The Hall–Kier alpha value is -1.05. The Kier molecular flexibility index (Phi) is 8.61. The normalized spacial score (nSPS) is 19.2. The maximum atomic E-state index is 13.4. The molecule has 1 fully saturated rings. The van der Waals surface area contributed by atoms with Gasteiger partial charge in [0.25, 0.3) is 10.0 Å². The maximum absolute atomic E-state index is 13.4.